The summed E-state index contributed by atoms with van der Waals surface area (Å²) in [6.45, 7) is 6.12. The minimum absolute atomic E-state index is 0.00173. The molecule has 0 radical (unpaired) electrons. The highest BCUT2D eigenvalue weighted by Crippen LogP contribution is 2.33. The van der Waals surface area contributed by atoms with Gasteiger partial charge in [-0.1, -0.05) is 6.92 Å². The molecular formula is C16H25N3O4S. The lowest BCUT2D eigenvalue weighted by molar-refractivity contribution is 0.0312. The first-order chi connectivity index (χ1) is 11.4. The van der Waals surface area contributed by atoms with Gasteiger partial charge in [0.05, 0.1) is 18.1 Å². The summed E-state index contributed by atoms with van der Waals surface area (Å²) in [5.41, 5.74) is 0.478. The topological polar surface area (TPSA) is 74.1 Å². The van der Waals surface area contributed by atoms with Gasteiger partial charge in [0.2, 0.25) is 10.0 Å². The van der Waals surface area contributed by atoms with Gasteiger partial charge in [-0.3, -0.25) is 9.69 Å². The molecule has 8 heteroatoms. The fraction of sp³-hybridized carbons (Fsp3) is 0.688. The molecule has 3 heterocycles. The van der Waals surface area contributed by atoms with E-state index in [9.17, 15) is 13.2 Å². The Morgan fingerprint density at radius 3 is 2.46 bits per heavy atom. The van der Waals surface area contributed by atoms with Gasteiger partial charge < -0.3 is 9.32 Å². The zero-order valence-electron chi connectivity index (χ0n) is 14.3. The SMILES string of the molecule is CC[C@@]1(N2CCN(C(=O)c3ccoc3)CC2)CCN(S(C)(=O)=O)C1. The summed E-state index contributed by atoms with van der Waals surface area (Å²) in [7, 11) is -3.14. The van der Waals surface area contributed by atoms with Crippen LogP contribution in [0.4, 0.5) is 0 Å². The van der Waals surface area contributed by atoms with E-state index in [4.69, 9.17) is 4.42 Å². The van der Waals surface area contributed by atoms with Crippen LogP contribution in [0.25, 0.3) is 0 Å². The maximum absolute atomic E-state index is 12.4. The van der Waals surface area contributed by atoms with E-state index in [0.717, 1.165) is 25.9 Å². The summed E-state index contributed by atoms with van der Waals surface area (Å²) in [4.78, 5) is 16.6. The molecule has 0 unspecified atom stereocenters. The molecule has 0 spiro atoms. The van der Waals surface area contributed by atoms with Crippen molar-refractivity contribution < 1.29 is 17.6 Å². The molecule has 2 fully saturated rings. The lowest BCUT2D eigenvalue weighted by atomic mass is 9.92. The quantitative estimate of drug-likeness (QED) is 0.801. The van der Waals surface area contributed by atoms with Crippen LogP contribution in [0.5, 0.6) is 0 Å². The van der Waals surface area contributed by atoms with E-state index in [-0.39, 0.29) is 11.4 Å². The number of piperazine rings is 1. The van der Waals surface area contributed by atoms with Crippen molar-refractivity contribution >= 4 is 15.9 Å². The lowest BCUT2D eigenvalue weighted by Crippen LogP contribution is -2.59. The van der Waals surface area contributed by atoms with Crippen molar-refractivity contribution in [1.82, 2.24) is 14.1 Å². The van der Waals surface area contributed by atoms with Gasteiger partial charge >= 0.3 is 0 Å². The monoisotopic (exact) mass is 355 g/mol. The first-order valence-electron chi connectivity index (χ1n) is 8.37. The van der Waals surface area contributed by atoms with Crippen LogP contribution in [0.1, 0.15) is 30.1 Å². The van der Waals surface area contributed by atoms with Crippen molar-refractivity contribution in [3.63, 3.8) is 0 Å². The number of hydrogen-bond donors (Lipinski definition) is 0. The maximum atomic E-state index is 12.4. The molecule has 1 atom stereocenters. The first-order valence-corrected chi connectivity index (χ1v) is 10.2. The molecule has 0 saturated carbocycles. The van der Waals surface area contributed by atoms with Crippen LogP contribution in [0.3, 0.4) is 0 Å². The van der Waals surface area contributed by atoms with Crippen LogP contribution in [0.2, 0.25) is 0 Å². The van der Waals surface area contributed by atoms with Crippen molar-refractivity contribution in [1.29, 1.82) is 0 Å². The third kappa shape index (κ3) is 3.22. The smallest absolute Gasteiger partial charge is 0.257 e. The van der Waals surface area contributed by atoms with E-state index in [1.165, 1.54) is 18.8 Å². The number of carbonyl (C=O) groups excluding carboxylic acids is 1. The Bertz CT molecular complexity index is 680. The Morgan fingerprint density at radius 1 is 1.25 bits per heavy atom. The number of amides is 1. The number of rotatable bonds is 4. The van der Waals surface area contributed by atoms with Gasteiger partial charge in [-0.05, 0) is 18.9 Å². The van der Waals surface area contributed by atoms with E-state index in [2.05, 4.69) is 11.8 Å². The van der Waals surface area contributed by atoms with Crippen molar-refractivity contribution in [2.75, 3.05) is 45.5 Å². The fourth-order valence-electron chi connectivity index (χ4n) is 3.83. The number of carbonyl (C=O) groups is 1. The highest BCUT2D eigenvalue weighted by Gasteiger charge is 2.45. The summed E-state index contributed by atoms with van der Waals surface area (Å²) in [5.74, 6) is -0.00173. The summed E-state index contributed by atoms with van der Waals surface area (Å²) in [5, 5.41) is 0. The van der Waals surface area contributed by atoms with Crippen LogP contribution < -0.4 is 0 Å². The van der Waals surface area contributed by atoms with Gasteiger partial charge in [-0.15, -0.1) is 0 Å². The Hall–Kier alpha value is -1.38. The molecule has 0 aliphatic carbocycles. The molecule has 134 valence electrons. The lowest BCUT2D eigenvalue weighted by Gasteiger charge is -2.45. The molecule has 1 aromatic heterocycles. The van der Waals surface area contributed by atoms with Gasteiger partial charge in [0.1, 0.15) is 6.26 Å². The van der Waals surface area contributed by atoms with Crippen molar-refractivity contribution in [3.05, 3.63) is 24.2 Å². The van der Waals surface area contributed by atoms with Crippen molar-refractivity contribution in [2.45, 2.75) is 25.3 Å². The fourth-order valence-corrected chi connectivity index (χ4v) is 4.72. The maximum Gasteiger partial charge on any atom is 0.257 e. The average Bonchev–Trinajstić information content (AvgIpc) is 3.24. The zero-order valence-corrected chi connectivity index (χ0v) is 15.1. The van der Waals surface area contributed by atoms with Gasteiger partial charge in [-0.25, -0.2) is 12.7 Å². The summed E-state index contributed by atoms with van der Waals surface area (Å²) in [6.07, 6.45) is 6.03. The molecule has 2 saturated heterocycles. The molecule has 2 aliphatic heterocycles. The average molecular weight is 355 g/mol. The minimum atomic E-state index is -3.14. The van der Waals surface area contributed by atoms with Gasteiger partial charge in [-0.2, -0.15) is 0 Å². The van der Waals surface area contributed by atoms with Crippen molar-refractivity contribution in [3.8, 4) is 0 Å². The Balaban J connectivity index is 1.64. The third-order valence-corrected chi connectivity index (χ3v) is 6.68. The van der Waals surface area contributed by atoms with E-state index in [0.29, 0.717) is 31.7 Å². The van der Waals surface area contributed by atoms with Crippen LogP contribution in [-0.4, -0.2) is 79.5 Å². The van der Waals surface area contributed by atoms with E-state index < -0.39 is 10.0 Å². The molecule has 0 N–H and O–H groups in total. The normalized spacial score (nSPS) is 26.8. The second-order valence-electron chi connectivity index (χ2n) is 6.72. The Labute approximate surface area is 143 Å². The molecule has 24 heavy (non-hydrogen) atoms. The summed E-state index contributed by atoms with van der Waals surface area (Å²) >= 11 is 0. The van der Waals surface area contributed by atoms with E-state index in [1.807, 2.05) is 4.90 Å². The van der Waals surface area contributed by atoms with Gasteiger partial charge in [0, 0.05) is 44.8 Å². The van der Waals surface area contributed by atoms with Gasteiger partial charge in [0.25, 0.3) is 5.91 Å². The molecule has 7 nitrogen and oxygen atoms in total. The zero-order chi connectivity index (χ0) is 17.4. The summed E-state index contributed by atoms with van der Waals surface area (Å²) in [6, 6.07) is 1.68. The van der Waals surface area contributed by atoms with Gasteiger partial charge in [0.15, 0.2) is 0 Å². The number of sulfonamides is 1. The number of furan rings is 1. The molecule has 3 rings (SSSR count). The standard InChI is InChI=1S/C16H25N3O4S/c1-3-16(5-6-19(13-16)24(2,21)22)18-9-7-17(8-10-18)15(20)14-4-11-23-12-14/h4,11-12H,3,5-10,13H2,1-2H3/t16-/m1/s1. The predicted molar refractivity (Wildman–Crippen MR) is 90.2 cm³/mol. The number of nitrogens with zero attached hydrogens (tertiary/aromatic N) is 3. The second kappa shape index (κ2) is 6.50. The Kier molecular flexibility index (Phi) is 4.72. The molecule has 2 aliphatic rings. The highest BCUT2D eigenvalue weighted by atomic mass is 32.2. The van der Waals surface area contributed by atoms with E-state index >= 15 is 0 Å². The molecule has 0 bridgehead atoms. The van der Waals surface area contributed by atoms with Crippen LogP contribution in [0.15, 0.2) is 23.0 Å². The Morgan fingerprint density at radius 2 is 1.96 bits per heavy atom. The van der Waals surface area contributed by atoms with Crippen LogP contribution in [-0.2, 0) is 10.0 Å². The molecule has 0 aromatic carbocycles. The largest absolute Gasteiger partial charge is 0.472 e. The number of hydrogen-bond acceptors (Lipinski definition) is 5. The molecule has 1 amide bonds. The predicted octanol–water partition coefficient (Wildman–Crippen LogP) is 0.852. The molecular weight excluding hydrogens is 330 g/mol. The third-order valence-electron chi connectivity index (χ3n) is 5.43. The van der Waals surface area contributed by atoms with Crippen LogP contribution in [0, 0.1) is 0 Å². The first kappa shape index (κ1) is 17.4. The molecule has 1 aromatic rings. The second-order valence-corrected chi connectivity index (χ2v) is 8.70. The van der Waals surface area contributed by atoms with Crippen LogP contribution >= 0.6 is 0 Å². The van der Waals surface area contributed by atoms with Crippen molar-refractivity contribution in [2.24, 2.45) is 0 Å². The highest BCUT2D eigenvalue weighted by molar-refractivity contribution is 7.88. The van der Waals surface area contributed by atoms with E-state index in [1.54, 1.807) is 10.4 Å². The summed E-state index contributed by atoms with van der Waals surface area (Å²) < 4.78 is 30.2. The minimum Gasteiger partial charge on any atom is -0.472 e.